The molecule has 26 heavy (non-hydrogen) atoms. The summed E-state index contributed by atoms with van der Waals surface area (Å²) in [5.74, 6) is -0.199. The van der Waals surface area contributed by atoms with Gasteiger partial charge in [-0.15, -0.1) is 0 Å². The van der Waals surface area contributed by atoms with E-state index in [1.165, 1.54) is 4.52 Å². The van der Waals surface area contributed by atoms with Crippen molar-refractivity contribution in [3.05, 3.63) is 69.8 Å². The molecule has 7 heteroatoms. The van der Waals surface area contributed by atoms with E-state index < -0.39 is 0 Å². The standard InChI is InChI=1S/C19H22N4O3/c1-13-16(19(26)23-17(21-13)9-10-20-23)7-8-18(25)22-15(12-24)11-14-5-3-2-4-6-14/h2-6,9-10,15,20,24H,7-8,11-12H2,1H3,(H,22,25)/t15-/m0/s1. The molecule has 0 unspecified atom stereocenters. The molecule has 1 atom stereocenters. The Morgan fingerprint density at radius 2 is 2.08 bits per heavy atom. The van der Waals surface area contributed by atoms with Gasteiger partial charge in [0.25, 0.3) is 5.56 Å². The van der Waals surface area contributed by atoms with Crippen LogP contribution >= 0.6 is 0 Å². The molecular formula is C19H22N4O3. The Labute approximate surface area is 150 Å². The SMILES string of the molecule is Cc1nc2cc[nH]n2c(=O)c1CCC(=O)N[C@H](CO)Cc1ccccc1. The number of carbonyl (C=O) groups is 1. The van der Waals surface area contributed by atoms with E-state index >= 15 is 0 Å². The number of aryl methyl sites for hydroxylation is 1. The van der Waals surface area contributed by atoms with E-state index in [0.29, 0.717) is 29.7 Å². The number of H-pyrrole nitrogens is 1. The Bertz CT molecular complexity index is 946. The Morgan fingerprint density at radius 1 is 1.31 bits per heavy atom. The minimum absolute atomic E-state index is 0.141. The maximum absolute atomic E-state index is 12.5. The summed E-state index contributed by atoms with van der Waals surface area (Å²) in [6, 6.07) is 11.0. The first kappa shape index (κ1) is 17.9. The highest BCUT2D eigenvalue weighted by Crippen LogP contribution is 2.07. The summed E-state index contributed by atoms with van der Waals surface area (Å²) in [7, 11) is 0. The number of hydrogen-bond acceptors (Lipinski definition) is 4. The predicted octanol–water partition coefficient (Wildman–Crippen LogP) is 0.983. The number of carbonyl (C=O) groups excluding carboxylic acids is 1. The van der Waals surface area contributed by atoms with Crippen LogP contribution < -0.4 is 10.9 Å². The van der Waals surface area contributed by atoms with Crippen molar-refractivity contribution in [2.24, 2.45) is 0 Å². The molecule has 2 heterocycles. The number of fused-ring (bicyclic) bond motifs is 1. The predicted molar refractivity (Wildman–Crippen MR) is 98.0 cm³/mol. The quantitative estimate of drug-likeness (QED) is 0.589. The fourth-order valence-electron chi connectivity index (χ4n) is 2.99. The number of nitrogens with one attached hydrogen (secondary N) is 2. The van der Waals surface area contributed by atoms with E-state index in [1.54, 1.807) is 19.2 Å². The maximum atomic E-state index is 12.5. The Morgan fingerprint density at radius 3 is 2.81 bits per heavy atom. The van der Waals surface area contributed by atoms with Gasteiger partial charge in [-0.3, -0.25) is 14.7 Å². The van der Waals surface area contributed by atoms with Crippen molar-refractivity contribution in [3.63, 3.8) is 0 Å². The molecule has 0 aliphatic carbocycles. The topological polar surface area (TPSA) is 99.5 Å². The van der Waals surface area contributed by atoms with Crippen LogP contribution in [0.4, 0.5) is 0 Å². The van der Waals surface area contributed by atoms with E-state index in [1.807, 2.05) is 30.3 Å². The molecule has 0 saturated carbocycles. The average Bonchev–Trinajstić information content (AvgIpc) is 3.10. The number of hydrogen-bond donors (Lipinski definition) is 3. The van der Waals surface area contributed by atoms with Crippen molar-refractivity contribution >= 4 is 11.6 Å². The molecule has 0 saturated heterocycles. The molecule has 3 aromatic rings. The van der Waals surface area contributed by atoms with Crippen LogP contribution in [-0.4, -0.2) is 38.3 Å². The van der Waals surface area contributed by atoms with Gasteiger partial charge in [-0.2, -0.15) is 0 Å². The summed E-state index contributed by atoms with van der Waals surface area (Å²) < 4.78 is 1.37. The first-order valence-corrected chi connectivity index (χ1v) is 8.58. The van der Waals surface area contributed by atoms with Crippen molar-refractivity contribution < 1.29 is 9.90 Å². The summed E-state index contributed by atoms with van der Waals surface area (Å²) in [6.45, 7) is 1.63. The monoisotopic (exact) mass is 354 g/mol. The van der Waals surface area contributed by atoms with Crippen LogP contribution in [0.5, 0.6) is 0 Å². The zero-order valence-corrected chi connectivity index (χ0v) is 14.6. The van der Waals surface area contributed by atoms with Gasteiger partial charge >= 0.3 is 0 Å². The van der Waals surface area contributed by atoms with Crippen LogP contribution in [0.15, 0.2) is 47.4 Å². The summed E-state index contributed by atoms with van der Waals surface area (Å²) in [4.78, 5) is 29.1. The van der Waals surface area contributed by atoms with Crippen LogP contribution in [0.25, 0.3) is 5.65 Å². The van der Waals surface area contributed by atoms with Crippen LogP contribution in [0.2, 0.25) is 0 Å². The molecule has 1 aromatic carbocycles. The lowest BCUT2D eigenvalue weighted by Crippen LogP contribution is -2.39. The van der Waals surface area contributed by atoms with Crippen molar-refractivity contribution in [1.82, 2.24) is 19.9 Å². The molecular weight excluding hydrogens is 332 g/mol. The molecule has 0 fully saturated rings. The number of benzene rings is 1. The van der Waals surface area contributed by atoms with Gasteiger partial charge in [-0.05, 0) is 25.3 Å². The number of amides is 1. The molecule has 3 N–H and O–H groups in total. The molecule has 0 aliphatic rings. The zero-order valence-electron chi connectivity index (χ0n) is 14.6. The van der Waals surface area contributed by atoms with Gasteiger partial charge in [0.05, 0.1) is 12.6 Å². The average molecular weight is 354 g/mol. The Hall–Kier alpha value is -2.93. The second kappa shape index (κ2) is 7.97. The lowest BCUT2D eigenvalue weighted by molar-refractivity contribution is -0.122. The molecule has 3 rings (SSSR count). The molecule has 1 amide bonds. The molecule has 0 radical (unpaired) electrons. The first-order valence-electron chi connectivity index (χ1n) is 8.58. The maximum Gasteiger partial charge on any atom is 0.276 e. The van der Waals surface area contributed by atoms with Gasteiger partial charge in [0, 0.05) is 29.9 Å². The third-order valence-electron chi connectivity index (χ3n) is 4.36. The number of aromatic amines is 1. The van der Waals surface area contributed by atoms with Crippen LogP contribution in [-0.2, 0) is 17.6 Å². The van der Waals surface area contributed by atoms with Gasteiger partial charge in [0.2, 0.25) is 5.91 Å². The Kier molecular flexibility index (Phi) is 5.48. The van der Waals surface area contributed by atoms with E-state index in [4.69, 9.17) is 0 Å². The number of aliphatic hydroxyl groups is 1. The second-order valence-corrected chi connectivity index (χ2v) is 6.27. The fraction of sp³-hybridized carbons (Fsp3) is 0.316. The van der Waals surface area contributed by atoms with Crippen molar-refractivity contribution in [2.75, 3.05) is 6.61 Å². The van der Waals surface area contributed by atoms with E-state index in [-0.39, 0.29) is 30.5 Å². The fourth-order valence-corrected chi connectivity index (χ4v) is 2.99. The summed E-state index contributed by atoms with van der Waals surface area (Å²) in [5, 5.41) is 15.2. The minimum Gasteiger partial charge on any atom is -0.394 e. The third-order valence-corrected chi connectivity index (χ3v) is 4.36. The van der Waals surface area contributed by atoms with Crippen molar-refractivity contribution in [3.8, 4) is 0 Å². The largest absolute Gasteiger partial charge is 0.394 e. The summed E-state index contributed by atoms with van der Waals surface area (Å²) in [5.41, 5.74) is 2.56. The summed E-state index contributed by atoms with van der Waals surface area (Å²) in [6.07, 6.45) is 2.67. The van der Waals surface area contributed by atoms with E-state index in [0.717, 1.165) is 5.56 Å². The number of rotatable bonds is 7. The second-order valence-electron chi connectivity index (χ2n) is 6.27. The highest BCUT2D eigenvalue weighted by atomic mass is 16.3. The lowest BCUT2D eigenvalue weighted by Gasteiger charge is -2.16. The van der Waals surface area contributed by atoms with Crippen LogP contribution in [0.3, 0.4) is 0 Å². The summed E-state index contributed by atoms with van der Waals surface area (Å²) >= 11 is 0. The molecule has 2 aromatic heterocycles. The van der Waals surface area contributed by atoms with E-state index in [9.17, 15) is 14.7 Å². The van der Waals surface area contributed by atoms with Gasteiger partial charge < -0.3 is 10.4 Å². The Balaban J connectivity index is 1.62. The lowest BCUT2D eigenvalue weighted by atomic mass is 10.1. The highest BCUT2D eigenvalue weighted by Gasteiger charge is 2.15. The van der Waals surface area contributed by atoms with Gasteiger partial charge in [0.1, 0.15) is 0 Å². The number of nitrogens with zero attached hydrogens (tertiary/aromatic N) is 2. The number of aromatic nitrogens is 3. The van der Waals surface area contributed by atoms with Gasteiger partial charge in [-0.25, -0.2) is 9.50 Å². The first-order chi connectivity index (χ1) is 12.6. The highest BCUT2D eigenvalue weighted by molar-refractivity contribution is 5.76. The van der Waals surface area contributed by atoms with Gasteiger partial charge in [0.15, 0.2) is 5.65 Å². The van der Waals surface area contributed by atoms with E-state index in [2.05, 4.69) is 15.4 Å². The number of aliphatic hydroxyl groups excluding tert-OH is 1. The van der Waals surface area contributed by atoms with Crippen molar-refractivity contribution in [1.29, 1.82) is 0 Å². The molecule has 136 valence electrons. The van der Waals surface area contributed by atoms with Gasteiger partial charge in [-0.1, -0.05) is 30.3 Å². The third kappa shape index (κ3) is 4.00. The zero-order chi connectivity index (χ0) is 18.5. The molecule has 0 spiro atoms. The van der Waals surface area contributed by atoms with Crippen molar-refractivity contribution in [2.45, 2.75) is 32.2 Å². The molecule has 0 aliphatic heterocycles. The normalized spacial score (nSPS) is 12.2. The smallest absolute Gasteiger partial charge is 0.276 e. The minimum atomic E-state index is -0.351. The van der Waals surface area contributed by atoms with Crippen LogP contribution in [0, 0.1) is 6.92 Å². The molecule has 0 bridgehead atoms. The molecule has 7 nitrogen and oxygen atoms in total. The van der Waals surface area contributed by atoms with Crippen LogP contribution in [0.1, 0.15) is 23.2 Å².